The number of nitrogens with zero attached hydrogens (tertiary/aromatic N) is 2. The molecular formula is C11H9N3O3S. The number of anilines is 1. The number of benzene rings is 1. The lowest BCUT2D eigenvalue weighted by Crippen LogP contribution is -2.15. The smallest absolute Gasteiger partial charge is 0.368 e. The van der Waals surface area contributed by atoms with Crippen molar-refractivity contribution in [3.05, 3.63) is 23.8 Å². The van der Waals surface area contributed by atoms with Gasteiger partial charge in [0.15, 0.2) is 5.04 Å². The average Bonchev–Trinajstić information content (AvgIpc) is 2.96. The maximum Gasteiger partial charge on any atom is 0.368 e. The van der Waals surface area contributed by atoms with E-state index in [9.17, 15) is 13.2 Å². The second-order valence-electron chi connectivity index (χ2n) is 3.99. The normalized spacial score (nSPS) is 17.6. The molecule has 2 amide bonds. The highest BCUT2D eigenvalue weighted by Crippen LogP contribution is 2.26. The van der Waals surface area contributed by atoms with E-state index in [1.54, 1.807) is 12.1 Å². The Morgan fingerprint density at radius 1 is 1.28 bits per heavy atom. The highest BCUT2D eigenvalue weighted by atomic mass is 32.2. The van der Waals surface area contributed by atoms with Crippen LogP contribution in [0.2, 0.25) is 0 Å². The summed E-state index contributed by atoms with van der Waals surface area (Å²) in [5.41, 5.74) is 1.91. The summed E-state index contributed by atoms with van der Waals surface area (Å²) in [7, 11) is -3.74. The Bertz CT molecular complexity index is 704. The number of rotatable bonds is 1. The maximum absolute atomic E-state index is 12.2. The van der Waals surface area contributed by atoms with Crippen molar-refractivity contribution in [3.8, 4) is 0 Å². The molecule has 1 aromatic rings. The first kappa shape index (κ1) is 11.1. The van der Waals surface area contributed by atoms with Crippen LogP contribution < -0.4 is 5.32 Å². The van der Waals surface area contributed by atoms with E-state index in [4.69, 9.17) is 0 Å². The first-order chi connectivity index (χ1) is 8.57. The van der Waals surface area contributed by atoms with Crippen LogP contribution in [0.15, 0.2) is 33.1 Å². The largest absolute Gasteiger partial charge is 0.384 e. The van der Waals surface area contributed by atoms with Crippen LogP contribution in [-0.2, 0) is 16.3 Å². The van der Waals surface area contributed by atoms with Crippen LogP contribution in [0.1, 0.15) is 5.56 Å². The molecule has 0 bridgehead atoms. The van der Waals surface area contributed by atoms with Crippen molar-refractivity contribution in [2.45, 2.75) is 11.3 Å². The summed E-state index contributed by atoms with van der Waals surface area (Å²) < 4.78 is 24.4. The molecule has 2 heterocycles. The molecule has 0 aliphatic carbocycles. The molecule has 1 N–H and O–H groups in total. The summed E-state index contributed by atoms with van der Waals surface area (Å²) in [4.78, 5) is 17.7. The number of aliphatic imine (C=N–C) groups is 2. The predicted octanol–water partition coefficient (Wildman–Crippen LogP) is 1.03. The Morgan fingerprint density at radius 3 is 2.83 bits per heavy atom. The number of carbonyl (C=O) groups is 1. The van der Waals surface area contributed by atoms with Gasteiger partial charge in [0.25, 0.3) is 0 Å². The van der Waals surface area contributed by atoms with Gasteiger partial charge in [-0.1, -0.05) is 0 Å². The van der Waals surface area contributed by atoms with Crippen molar-refractivity contribution < 1.29 is 13.2 Å². The number of amides is 2. The summed E-state index contributed by atoms with van der Waals surface area (Å²) in [5.74, 6) is 0. The highest BCUT2D eigenvalue weighted by Gasteiger charge is 2.26. The fourth-order valence-corrected chi connectivity index (χ4v) is 3.14. The van der Waals surface area contributed by atoms with E-state index < -0.39 is 15.9 Å². The van der Waals surface area contributed by atoms with E-state index in [0.717, 1.165) is 30.4 Å². The molecule has 0 spiro atoms. The zero-order valence-corrected chi connectivity index (χ0v) is 10.1. The Morgan fingerprint density at radius 2 is 2.11 bits per heavy atom. The number of nitrogens with one attached hydrogen (secondary N) is 1. The summed E-state index contributed by atoms with van der Waals surface area (Å²) >= 11 is 0. The molecule has 0 unspecified atom stereocenters. The van der Waals surface area contributed by atoms with Crippen molar-refractivity contribution in [1.82, 2.24) is 0 Å². The summed E-state index contributed by atoms with van der Waals surface area (Å²) in [5, 5.41) is 2.86. The van der Waals surface area contributed by atoms with Gasteiger partial charge in [-0.05, 0) is 30.2 Å². The Hall–Kier alpha value is -2.02. The maximum atomic E-state index is 12.2. The second kappa shape index (κ2) is 3.74. The number of hydrogen-bond donors (Lipinski definition) is 1. The lowest BCUT2D eigenvalue weighted by atomic mass is 10.2. The molecule has 6 nitrogen and oxygen atoms in total. The monoisotopic (exact) mass is 263 g/mol. The van der Waals surface area contributed by atoms with Gasteiger partial charge in [-0.2, -0.15) is 9.98 Å². The third kappa shape index (κ3) is 1.63. The van der Waals surface area contributed by atoms with Crippen LogP contribution in [-0.4, -0.2) is 32.3 Å². The fraction of sp³-hybridized carbons (Fsp3) is 0.182. The number of carbonyl (C=O) groups excluding carboxylic acids is 1. The van der Waals surface area contributed by atoms with Gasteiger partial charge in [0, 0.05) is 12.2 Å². The number of fused-ring (bicyclic) bond motifs is 1. The van der Waals surface area contributed by atoms with Crippen molar-refractivity contribution in [2.24, 2.45) is 9.98 Å². The van der Waals surface area contributed by atoms with Crippen molar-refractivity contribution in [3.63, 3.8) is 0 Å². The predicted molar refractivity (Wildman–Crippen MR) is 67.1 cm³/mol. The Kier molecular flexibility index (Phi) is 2.30. The molecule has 7 heteroatoms. The van der Waals surface area contributed by atoms with E-state index in [1.165, 1.54) is 6.07 Å². The summed E-state index contributed by atoms with van der Waals surface area (Å²) in [6.07, 6.45) is 1.78. The van der Waals surface area contributed by atoms with E-state index in [-0.39, 0.29) is 9.94 Å². The zero-order valence-electron chi connectivity index (χ0n) is 9.25. The molecular weight excluding hydrogens is 254 g/mol. The molecule has 0 aromatic heterocycles. The van der Waals surface area contributed by atoms with Crippen LogP contribution in [0.3, 0.4) is 0 Å². The van der Waals surface area contributed by atoms with Crippen molar-refractivity contribution in [2.75, 3.05) is 11.9 Å². The third-order valence-electron chi connectivity index (χ3n) is 2.86. The van der Waals surface area contributed by atoms with Gasteiger partial charge in [-0.15, -0.1) is 0 Å². The SMILES string of the molecule is O=C1N=CC(S(=O)(=O)c2ccc3c(c2)CCN3)=N1. The van der Waals surface area contributed by atoms with Gasteiger partial charge in [0.2, 0.25) is 9.84 Å². The van der Waals surface area contributed by atoms with E-state index in [1.807, 2.05) is 0 Å². The van der Waals surface area contributed by atoms with Gasteiger partial charge < -0.3 is 5.32 Å². The van der Waals surface area contributed by atoms with Crippen molar-refractivity contribution in [1.29, 1.82) is 0 Å². The molecule has 0 saturated carbocycles. The first-order valence-electron chi connectivity index (χ1n) is 5.36. The van der Waals surface area contributed by atoms with E-state index in [2.05, 4.69) is 15.3 Å². The molecule has 2 aliphatic heterocycles. The van der Waals surface area contributed by atoms with Gasteiger partial charge in [0.05, 0.1) is 11.1 Å². The lowest BCUT2D eigenvalue weighted by Gasteiger charge is -2.04. The van der Waals surface area contributed by atoms with Crippen LogP contribution in [0.4, 0.5) is 10.5 Å². The zero-order chi connectivity index (χ0) is 12.8. The van der Waals surface area contributed by atoms with Gasteiger partial charge in [-0.25, -0.2) is 13.2 Å². The lowest BCUT2D eigenvalue weighted by molar-refractivity contribution is 0.257. The van der Waals surface area contributed by atoms with Gasteiger partial charge >= 0.3 is 6.03 Å². The third-order valence-corrected chi connectivity index (χ3v) is 4.49. The van der Waals surface area contributed by atoms with Crippen molar-refractivity contribution >= 4 is 32.8 Å². The molecule has 0 atom stereocenters. The molecule has 18 heavy (non-hydrogen) atoms. The minimum Gasteiger partial charge on any atom is -0.384 e. The van der Waals surface area contributed by atoms with E-state index in [0.29, 0.717) is 0 Å². The minimum atomic E-state index is -3.74. The molecule has 0 fully saturated rings. The van der Waals surface area contributed by atoms with Crippen LogP contribution in [0.25, 0.3) is 0 Å². The second-order valence-corrected chi connectivity index (χ2v) is 5.89. The number of hydrogen-bond acceptors (Lipinski definition) is 4. The molecule has 0 saturated heterocycles. The first-order valence-corrected chi connectivity index (χ1v) is 6.84. The summed E-state index contributed by atoms with van der Waals surface area (Å²) in [6, 6.07) is 4.07. The molecule has 0 radical (unpaired) electrons. The molecule has 2 aliphatic rings. The molecule has 92 valence electrons. The standard InChI is InChI=1S/C11H9N3O3S/c15-11-13-6-10(14-11)18(16,17)8-1-2-9-7(5-8)3-4-12-9/h1-2,5-6,12H,3-4H2. The van der Waals surface area contributed by atoms with Gasteiger partial charge in [0.1, 0.15) is 0 Å². The van der Waals surface area contributed by atoms with Crippen LogP contribution in [0.5, 0.6) is 0 Å². The fourth-order valence-electron chi connectivity index (χ4n) is 1.96. The highest BCUT2D eigenvalue weighted by molar-refractivity contribution is 8.08. The van der Waals surface area contributed by atoms with Gasteiger partial charge in [-0.3, -0.25) is 0 Å². The van der Waals surface area contributed by atoms with Crippen LogP contribution in [0, 0.1) is 0 Å². The minimum absolute atomic E-state index is 0.143. The van der Waals surface area contributed by atoms with E-state index >= 15 is 0 Å². The molecule has 3 rings (SSSR count). The summed E-state index contributed by atoms with van der Waals surface area (Å²) in [6.45, 7) is 0.805. The van der Waals surface area contributed by atoms with Crippen LogP contribution >= 0.6 is 0 Å². The molecule has 1 aromatic carbocycles. The average molecular weight is 263 g/mol. The number of urea groups is 1. The topological polar surface area (TPSA) is 88.0 Å². The quantitative estimate of drug-likeness (QED) is 0.819. The Labute approximate surface area is 103 Å². The number of sulfone groups is 1. The Balaban J connectivity index is 2.07.